The first-order valence-electron chi connectivity index (χ1n) is 6.76. The van der Waals surface area contributed by atoms with E-state index in [0.717, 1.165) is 17.7 Å². The zero-order valence-corrected chi connectivity index (χ0v) is 12.6. The van der Waals surface area contributed by atoms with E-state index in [2.05, 4.69) is 9.97 Å². The minimum absolute atomic E-state index is 0.178. The van der Waals surface area contributed by atoms with Crippen molar-refractivity contribution in [3.05, 3.63) is 56.7 Å². The lowest BCUT2D eigenvalue weighted by Crippen LogP contribution is -2.15. The van der Waals surface area contributed by atoms with Crippen LogP contribution < -0.4 is 16.0 Å². The van der Waals surface area contributed by atoms with Crippen LogP contribution in [0.1, 0.15) is 23.5 Å². The summed E-state index contributed by atoms with van der Waals surface area (Å²) in [5, 5.41) is 0.692. The van der Waals surface area contributed by atoms with Crippen molar-refractivity contribution in [1.29, 1.82) is 0 Å². The maximum Gasteiger partial charge on any atom is 0.251 e. The van der Waals surface area contributed by atoms with Crippen LogP contribution in [0.25, 0.3) is 0 Å². The Balaban J connectivity index is 2.06. The average molecular weight is 308 g/mol. The number of nitrogens with zero attached hydrogens (tertiary/aromatic N) is 1. The van der Waals surface area contributed by atoms with Gasteiger partial charge in [-0.15, -0.1) is 0 Å². The predicted molar refractivity (Wildman–Crippen MR) is 82.8 cm³/mol. The molecular formula is C15H18ClN3O2. The average Bonchev–Trinajstić information content (AvgIpc) is 2.46. The fraction of sp³-hybridized carbons (Fsp3) is 0.333. The smallest absolute Gasteiger partial charge is 0.251 e. The van der Waals surface area contributed by atoms with Crippen molar-refractivity contribution in [3.8, 4) is 5.75 Å². The zero-order chi connectivity index (χ0) is 15.2. The quantitative estimate of drug-likeness (QED) is 0.857. The molecule has 0 saturated heterocycles. The van der Waals surface area contributed by atoms with E-state index in [1.165, 1.54) is 6.07 Å². The van der Waals surface area contributed by atoms with Crippen LogP contribution in [-0.2, 0) is 13.0 Å². The molecule has 0 fully saturated rings. The number of hydrogen-bond acceptors (Lipinski definition) is 4. The summed E-state index contributed by atoms with van der Waals surface area (Å²) in [6.07, 6.45) is 1.49. The lowest BCUT2D eigenvalue weighted by atomic mass is 10.2. The number of nitrogens with one attached hydrogen (secondary N) is 1. The van der Waals surface area contributed by atoms with Crippen molar-refractivity contribution in [2.24, 2.45) is 5.73 Å². The van der Waals surface area contributed by atoms with Crippen LogP contribution in [0.4, 0.5) is 0 Å². The van der Waals surface area contributed by atoms with Gasteiger partial charge < -0.3 is 15.5 Å². The molecule has 0 radical (unpaired) electrons. The van der Waals surface area contributed by atoms with Gasteiger partial charge in [-0.3, -0.25) is 4.79 Å². The Morgan fingerprint density at radius 3 is 2.90 bits per heavy atom. The van der Waals surface area contributed by atoms with Gasteiger partial charge in [0.05, 0.1) is 0 Å². The molecule has 0 atom stereocenters. The number of benzene rings is 1. The second kappa shape index (κ2) is 7.24. The molecule has 3 N–H and O–H groups in total. The number of rotatable bonds is 6. The highest BCUT2D eigenvalue weighted by Crippen LogP contribution is 2.21. The minimum atomic E-state index is -0.178. The summed E-state index contributed by atoms with van der Waals surface area (Å²) in [5.74, 6) is 1.19. The van der Waals surface area contributed by atoms with E-state index >= 15 is 0 Å². The van der Waals surface area contributed by atoms with Gasteiger partial charge in [0, 0.05) is 16.8 Å². The Morgan fingerprint density at radius 2 is 2.19 bits per heavy atom. The molecule has 1 heterocycles. The first-order valence-corrected chi connectivity index (χ1v) is 7.14. The highest BCUT2D eigenvalue weighted by atomic mass is 35.5. The molecule has 0 saturated carbocycles. The maximum atomic E-state index is 11.6. The van der Waals surface area contributed by atoms with Gasteiger partial charge in [0.25, 0.3) is 5.56 Å². The maximum absolute atomic E-state index is 11.6. The Labute approximate surface area is 128 Å². The topological polar surface area (TPSA) is 81.0 Å². The molecule has 0 aliphatic heterocycles. The largest absolute Gasteiger partial charge is 0.486 e. The highest BCUT2D eigenvalue weighted by molar-refractivity contribution is 6.31. The number of hydrogen-bond donors (Lipinski definition) is 2. The summed E-state index contributed by atoms with van der Waals surface area (Å²) in [6, 6.07) is 6.90. The minimum Gasteiger partial charge on any atom is -0.486 e. The van der Waals surface area contributed by atoms with Crippen LogP contribution in [0.15, 0.2) is 29.1 Å². The first kappa shape index (κ1) is 15.5. The third kappa shape index (κ3) is 4.58. The number of halogens is 1. The van der Waals surface area contributed by atoms with Crippen molar-refractivity contribution in [3.63, 3.8) is 0 Å². The molecule has 5 nitrogen and oxygen atoms in total. The third-order valence-electron chi connectivity index (χ3n) is 2.99. The number of aromatic amines is 1. The molecule has 0 amide bonds. The monoisotopic (exact) mass is 307 g/mol. The number of aromatic nitrogens is 2. The molecule has 0 aliphatic carbocycles. The Bertz CT molecular complexity index is 670. The van der Waals surface area contributed by atoms with Crippen molar-refractivity contribution in [1.82, 2.24) is 9.97 Å². The van der Waals surface area contributed by atoms with Gasteiger partial charge in [-0.25, -0.2) is 4.98 Å². The normalized spacial score (nSPS) is 10.6. The molecule has 21 heavy (non-hydrogen) atoms. The van der Waals surface area contributed by atoms with E-state index in [1.54, 1.807) is 12.1 Å². The summed E-state index contributed by atoms with van der Waals surface area (Å²) < 4.78 is 5.63. The molecule has 0 aliphatic rings. The van der Waals surface area contributed by atoms with Gasteiger partial charge in [0.15, 0.2) is 0 Å². The van der Waals surface area contributed by atoms with Gasteiger partial charge >= 0.3 is 0 Å². The molecule has 6 heteroatoms. The molecule has 112 valence electrons. The number of nitrogens with two attached hydrogens (primary N) is 1. The lowest BCUT2D eigenvalue weighted by molar-refractivity contribution is 0.294. The molecule has 0 unspecified atom stereocenters. The molecule has 2 rings (SSSR count). The van der Waals surface area contributed by atoms with Crippen molar-refractivity contribution >= 4 is 11.6 Å². The van der Waals surface area contributed by atoms with E-state index in [1.807, 2.05) is 13.0 Å². The van der Waals surface area contributed by atoms with E-state index in [4.69, 9.17) is 22.1 Å². The second-order valence-electron chi connectivity index (χ2n) is 4.78. The fourth-order valence-electron chi connectivity index (χ4n) is 1.90. The molecule has 0 spiro atoms. The number of aryl methyl sites for hydroxylation is 2. The number of H-pyrrole nitrogens is 1. The Hall–Kier alpha value is -1.85. The van der Waals surface area contributed by atoms with Crippen molar-refractivity contribution in [2.45, 2.75) is 26.4 Å². The summed E-state index contributed by atoms with van der Waals surface area (Å²) in [6.45, 7) is 2.68. The molecule has 1 aromatic carbocycles. The van der Waals surface area contributed by atoms with E-state index < -0.39 is 0 Å². The standard InChI is InChI=1S/C15H18ClN3O2/c1-10-7-12(4-5-13(10)16)21-9-14-18-11(3-2-6-17)8-15(20)19-14/h4-5,7-8H,2-3,6,9,17H2,1H3,(H,18,19,20). The summed E-state index contributed by atoms with van der Waals surface area (Å²) in [4.78, 5) is 18.6. The van der Waals surface area contributed by atoms with Crippen LogP contribution in [0.2, 0.25) is 5.02 Å². The molecule has 2 aromatic rings. The van der Waals surface area contributed by atoms with E-state index in [-0.39, 0.29) is 12.2 Å². The van der Waals surface area contributed by atoms with Gasteiger partial charge in [0.2, 0.25) is 0 Å². The van der Waals surface area contributed by atoms with Crippen LogP contribution in [0, 0.1) is 6.92 Å². The second-order valence-corrected chi connectivity index (χ2v) is 5.18. The van der Waals surface area contributed by atoms with Gasteiger partial charge in [-0.05, 0) is 50.1 Å². The van der Waals surface area contributed by atoms with Crippen molar-refractivity contribution in [2.75, 3.05) is 6.54 Å². The fourth-order valence-corrected chi connectivity index (χ4v) is 2.02. The van der Waals surface area contributed by atoms with Crippen LogP contribution in [0.3, 0.4) is 0 Å². The SMILES string of the molecule is Cc1cc(OCc2nc(CCCN)cc(=O)[nH]2)ccc1Cl. The van der Waals surface area contributed by atoms with Gasteiger partial charge in [-0.2, -0.15) is 0 Å². The van der Waals surface area contributed by atoms with Gasteiger partial charge in [-0.1, -0.05) is 11.6 Å². The van der Waals surface area contributed by atoms with Crippen molar-refractivity contribution < 1.29 is 4.74 Å². The zero-order valence-electron chi connectivity index (χ0n) is 11.9. The predicted octanol–water partition coefficient (Wildman–Crippen LogP) is 2.20. The van der Waals surface area contributed by atoms with Crippen LogP contribution in [0.5, 0.6) is 5.75 Å². The molecule has 0 bridgehead atoms. The lowest BCUT2D eigenvalue weighted by Gasteiger charge is -2.08. The van der Waals surface area contributed by atoms with Crippen LogP contribution in [-0.4, -0.2) is 16.5 Å². The van der Waals surface area contributed by atoms with E-state index in [0.29, 0.717) is 29.6 Å². The summed E-state index contributed by atoms with van der Waals surface area (Å²) in [5.41, 5.74) is 6.96. The van der Waals surface area contributed by atoms with Gasteiger partial charge in [0.1, 0.15) is 18.2 Å². The third-order valence-corrected chi connectivity index (χ3v) is 3.41. The van der Waals surface area contributed by atoms with Crippen LogP contribution >= 0.6 is 11.6 Å². The summed E-state index contributed by atoms with van der Waals surface area (Å²) in [7, 11) is 0. The first-order chi connectivity index (χ1) is 10.1. The number of ether oxygens (including phenoxy) is 1. The Morgan fingerprint density at radius 1 is 1.38 bits per heavy atom. The summed E-state index contributed by atoms with van der Waals surface area (Å²) >= 11 is 5.96. The highest BCUT2D eigenvalue weighted by Gasteiger charge is 2.04. The Kier molecular flexibility index (Phi) is 5.36. The molecular weight excluding hydrogens is 290 g/mol. The van der Waals surface area contributed by atoms with E-state index in [9.17, 15) is 4.79 Å². The molecule has 1 aromatic heterocycles.